The highest BCUT2D eigenvalue weighted by atomic mass is 35.5. The molecule has 10 nitrogen and oxygen atoms in total. The van der Waals surface area contributed by atoms with Gasteiger partial charge in [0.1, 0.15) is 10.9 Å². The second-order valence-electron chi connectivity index (χ2n) is 9.36. The molecule has 1 aliphatic rings. The molecular weight excluding hydrogens is 560 g/mol. The van der Waals surface area contributed by atoms with Crippen molar-refractivity contribution in [2.75, 3.05) is 25.0 Å². The number of amides is 2. The first kappa shape index (κ1) is 32.5. The van der Waals surface area contributed by atoms with E-state index in [4.69, 9.17) is 11.5 Å². The second kappa shape index (κ2) is 15.2. The van der Waals surface area contributed by atoms with Crippen LogP contribution in [0.5, 0.6) is 0 Å². The number of sulfonamides is 1. The SMILES string of the molecule is CCC(=O)Nc1c(-c2cccs2)cccc1S(=O)(=O)N[C@@H](CCCN=C(N)N)C(=O)N1CCC(CC)CC1.Cl. The van der Waals surface area contributed by atoms with E-state index >= 15 is 0 Å². The first-order valence-corrected chi connectivity index (χ1v) is 15.4. The number of carbonyl (C=O) groups excluding carboxylic acids is 2. The summed E-state index contributed by atoms with van der Waals surface area (Å²) in [7, 11) is -4.20. The quantitative estimate of drug-likeness (QED) is 0.166. The van der Waals surface area contributed by atoms with Gasteiger partial charge in [-0.2, -0.15) is 4.72 Å². The van der Waals surface area contributed by atoms with Gasteiger partial charge in [-0.3, -0.25) is 14.6 Å². The van der Waals surface area contributed by atoms with Crippen molar-refractivity contribution in [3.63, 3.8) is 0 Å². The number of hydrogen-bond acceptors (Lipinski definition) is 6. The number of para-hydroxylation sites is 1. The zero-order valence-electron chi connectivity index (χ0n) is 22.4. The number of benzene rings is 1. The van der Waals surface area contributed by atoms with Crippen molar-refractivity contribution in [3.8, 4) is 10.4 Å². The van der Waals surface area contributed by atoms with Crippen molar-refractivity contribution < 1.29 is 18.0 Å². The molecule has 0 radical (unpaired) electrons. The van der Waals surface area contributed by atoms with Crippen LogP contribution < -0.4 is 21.5 Å². The van der Waals surface area contributed by atoms with Crippen molar-refractivity contribution in [1.82, 2.24) is 9.62 Å². The van der Waals surface area contributed by atoms with Crippen LogP contribution in [-0.2, 0) is 19.6 Å². The molecule has 0 spiro atoms. The summed E-state index contributed by atoms with van der Waals surface area (Å²) in [5.41, 5.74) is 11.6. The van der Waals surface area contributed by atoms with Crippen LogP contribution in [0.4, 0.5) is 5.69 Å². The van der Waals surface area contributed by atoms with Crippen LogP contribution in [-0.4, -0.2) is 56.8 Å². The van der Waals surface area contributed by atoms with Crippen LogP contribution >= 0.6 is 23.7 Å². The van der Waals surface area contributed by atoms with Crippen molar-refractivity contribution in [2.45, 2.75) is 63.3 Å². The lowest BCUT2D eigenvalue weighted by atomic mass is 9.94. The second-order valence-corrected chi connectivity index (χ2v) is 12.0. The molecular formula is C26H39ClN6O4S2. The van der Waals surface area contributed by atoms with Gasteiger partial charge in [-0.1, -0.05) is 38.5 Å². The fourth-order valence-corrected chi connectivity index (χ4v) is 6.68. The van der Waals surface area contributed by atoms with E-state index in [0.717, 1.165) is 24.1 Å². The molecule has 1 fully saturated rings. The number of rotatable bonds is 12. The van der Waals surface area contributed by atoms with Gasteiger partial charge in [0.15, 0.2) is 5.96 Å². The van der Waals surface area contributed by atoms with Crippen LogP contribution in [0.15, 0.2) is 45.6 Å². The van der Waals surface area contributed by atoms with Gasteiger partial charge in [0.25, 0.3) is 0 Å². The lowest BCUT2D eigenvalue weighted by molar-refractivity contribution is -0.134. The lowest BCUT2D eigenvalue weighted by Crippen LogP contribution is -2.50. The van der Waals surface area contributed by atoms with Gasteiger partial charge in [-0.25, -0.2) is 8.42 Å². The molecule has 216 valence electrons. The third-order valence-electron chi connectivity index (χ3n) is 6.73. The zero-order valence-corrected chi connectivity index (χ0v) is 24.8. The average Bonchev–Trinajstić information content (AvgIpc) is 3.44. The Morgan fingerprint density at radius 3 is 2.46 bits per heavy atom. The van der Waals surface area contributed by atoms with Crippen LogP contribution in [0.2, 0.25) is 0 Å². The van der Waals surface area contributed by atoms with E-state index in [2.05, 4.69) is 22.0 Å². The van der Waals surface area contributed by atoms with Crippen molar-refractivity contribution in [1.29, 1.82) is 0 Å². The molecule has 6 N–H and O–H groups in total. The predicted octanol–water partition coefficient (Wildman–Crippen LogP) is 3.53. The van der Waals surface area contributed by atoms with Crippen LogP contribution in [0.25, 0.3) is 10.4 Å². The number of nitrogens with one attached hydrogen (secondary N) is 2. The van der Waals surface area contributed by atoms with Gasteiger partial charge >= 0.3 is 0 Å². The Labute approximate surface area is 241 Å². The minimum atomic E-state index is -4.20. The molecule has 0 unspecified atom stereocenters. The van der Waals surface area contributed by atoms with E-state index in [1.807, 2.05) is 17.5 Å². The van der Waals surface area contributed by atoms with Crippen LogP contribution in [0, 0.1) is 5.92 Å². The number of nitrogens with zero attached hydrogens (tertiary/aromatic N) is 2. The summed E-state index contributed by atoms with van der Waals surface area (Å²) in [6.07, 6.45) is 3.67. The maximum Gasteiger partial charge on any atom is 0.243 e. The summed E-state index contributed by atoms with van der Waals surface area (Å²) in [6.45, 7) is 5.30. The highest BCUT2D eigenvalue weighted by Crippen LogP contribution is 2.36. The minimum Gasteiger partial charge on any atom is -0.370 e. The number of carbonyl (C=O) groups is 2. The Morgan fingerprint density at radius 1 is 1.15 bits per heavy atom. The smallest absolute Gasteiger partial charge is 0.243 e. The number of likely N-dealkylation sites (tertiary alicyclic amines) is 1. The monoisotopic (exact) mass is 598 g/mol. The molecule has 1 aromatic heterocycles. The molecule has 0 aliphatic carbocycles. The fourth-order valence-electron chi connectivity index (χ4n) is 4.52. The number of halogens is 1. The highest BCUT2D eigenvalue weighted by Gasteiger charge is 2.32. The summed E-state index contributed by atoms with van der Waals surface area (Å²) in [5.74, 6) is -0.0620. The summed E-state index contributed by atoms with van der Waals surface area (Å²) in [4.78, 5) is 32.4. The van der Waals surface area contributed by atoms with E-state index < -0.39 is 16.1 Å². The van der Waals surface area contributed by atoms with Gasteiger partial charge in [0, 0.05) is 36.5 Å². The fraction of sp³-hybridized carbons (Fsp3) is 0.500. The predicted molar refractivity (Wildman–Crippen MR) is 160 cm³/mol. The van der Waals surface area contributed by atoms with Gasteiger partial charge in [-0.15, -0.1) is 23.7 Å². The largest absolute Gasteiger partial charge is 0.370 e. The number of thiophene rings is 1. The molecule has 2 aromatic rings. The normalized spacial score (nSPS) is 14.8. The van der Waals surface area contributed by atoms with E-state index in [1.54, 1.807) is 24.0 Å². The molecule has 3 rings (SSSR count). The zero-order chi connectivity index (χ0) is 27.7. The van der Waals surface area contributed by atoms with Gasteiger partial charge in [0.2, 0.25) is 21.8 Å². The molecule has 1 aliphatic heterocycles. The van der Waals surface area contributed by atoms with E-state index in [9.17, 15) is 18.0 Å². The highest BCUT2D eigenvalue weighted by molar-refractivity contribution is 7.89. The molecule has 1 atom stereocenters. The average molecular weight is 599 g/mol. The molecule has 0 saturated carbocycles. The summed E-state index contributed by atoms with van der Waals surface area (Å²) < 4.78 is 30.2. The summed E-state index contributed by atoms with van der Waals surface area (Å²) in [5, 5.41) is 4.65. The molecule has 2 amide bonds. The standard InChI is InChI=1S/C26H38N6O4S2.ClH/c1-3-18-12-15-32(16-13-18)25(34)20(9-6-14-29-26(27)28)31-38(35,36)22-11-5-8-19(21-10-7-17-37-21)24(22)30-23(33)4-2;/h5,7-8,10-11,17-18,20,31H,3-4,6,9,12-16H2,1-2H3,(H,30,33)(H4,27,28,29);1H/t20-;/m0./s1. The van der Waals surface area contributed by atoms with Crippen LogP contribution in [0.1, 0.15) is 52.4 Å². The molecule has 0 bridgehead atoms. The maximum atomic E-state index is 13.8. The molecule has 1 saturated heterocycles. The number of piperidine rings is 1. The minimum absolute atomic E-state index is 0. The maximum absolute atomic E-state index is 13.8. The first-order valence-electron chi connectivity index (χ1n) is 13.0. The molecule has 39 heavy (non-hydrogen) atoms. The van der Waals surface area contributed by atoms with Gasteiger partial charge in [-0.05, 0) is 49.1 Å². The number of anilines is 1. The number of nitrogens with two attached hydrogens (primary N) is 2. The van der Waals surface area contributed by atoms with E-state index in [0.29, 0.717) is 31.0 Å². The van der Waals surface area contributed by atoms with E-state index in [1.165, 1.54) is 17.4 Å². The Morgan fingerprint density at radius 2 is 1.87 bits per heavy atom. The van der Waals surface area contributed by atoms with Gasteiger partial charge < -0.3 is 21.7 Å². The summed E-state index contributed by atoms with van der Waals surface area (Å²) >= 11 is 1.44. The summed E-state index contributed by atoms with van der Waals surface area (Å²) in [6, 6.07) is 7.58. The first-order chi connectivity index (χ1) is 18.2. The third-order valence-corrected chi connectivity index (χ3v) is 9.15. The Hall–Kier alpha value is -2.67. The topological polar surface area (TPSA) is 160 Å². The van der Waals surface area contributed by atoms with Gasteiger partial charge in [0.05, 0.1) is 5.69 Å². The van der Waals surface area contributed by atoms with Crippen molar-refractivity contribution in [2.24, 2.45) is 22.4 Å². The van der Waals surface area contributed by atoms with Crippen LogP contribution in [0.3, 0.4) is 0 Å². The third kappa shape index (κ3) is 8.92. The number of aliphatic imine (C=N–C) groups is 1. The van der Waals surface area contributed by atoms with Crippen molar-refractivity contribution >= 4 is 57.2 Å². The Balaban J connectivity index is 0.00000533. The number of guanidine groups is 1. The molecule has 13 heteroatoms. The van der Waals surface area contributed by atoms with E-state index in [-0.39, 0.29) is 60.2 Å². The lowest BCUT2D eigenvalue weighted by Gasteiger charge is -2.34. The Kier molecular flexibility index (Phi) is 12.7. The van der Waals surface area contributed by atoms with Crippen molar-refractivity contribution in [3.05, 3.63) is 35.7 Å². The number of hydrogen-bond donors (Lipinski definition) is 4. The molecule has 2 heterocycles. The molecule has 1 aromatic carbocycles. The Bertz CT molecular complexity index is 1230.